The summed E-state index contributed by atoms with van der Waals surface area (Å²) in [6.45, 7) is 1.18. The van der Waals surface area contributed by atoms with Gasteiger partial charge in [-0.25, -0.2) is 9.67 Å². The Kier molecular flexibility index (Phi) is 7.60. The van der Waals surface area contributed by atoms with Crippen LogP contribution in [0.4, 0.5) is 11.4 Å². The molecule has 1 atom stereocenters. The number of benzene rings is 3. The quantitative estimate of drug-likeness (QED) is 0.197. The number of methoxy groups -OCH3 is 2. The summed E-state index contributed by atoms with van der Waals surface area (Å²) in [5, 5.41) is 4.54. The van der Waals surface area contributed by atoms with Gasteiger partial charge in [0.25, 0.3) is 11.8 Å². The average Bonchev–Trinajstić information content (AvgIpc) is 3.68. The van der Waals surface area contributed by atoms with Gasteiger partial charge in [-0.2, -0.15) is 5.10 Å². The molecule has 11 nitrogen and oxygen atoms in total. The standard InChI is InChI=1S/C34H32N6O5/c1-43-24-11-13-31(44-2)30(18-24)38(14-15-39-33(41)25-7-3-4-8-26(25)34(39)42)23-10-12-27-28(17-23)37-29(20-35-27)22-19-36-40(21-22)32-9-5-6-16-45-32/h3-4,7-8,10-13,17-21,32H,5-6,9,14-16H2,1-2H3. The van der Waals surface area contributed by atoms with Crippen LogP contribution in [0.5, 0.6) is 11.5 Å². The van der Waals surface area contributed by atoms with E-state index in [0.29, 0.717) is 46.1 Å². The summed E-state index contributed by atoms with van der Waals surface area (Å²) in [7, 11) is 3.20. The number of hydrogen-bond acceptors (Lipinski definition) is 9. The van der Waals surface area contributed by atoms with Gasteiger partial charge in [0.15, 0.2) is 0 Å². The van der Waals surface area contributed by atoms with Crippen molar-refractivity contribution in [1.29, 1.82) is 0 Å². The fraction of sp³-hybridized carbons (Fsp3) is 0.265. The number of carbonyl (C=O) groups is 2. The van der Waals surface area contributed by atoms with Crippen molar-refractivity contribution in [3.63, 3.8) is 0 Å². The lowest BCUT2D eigenvalue weighted by atomic mass is 10.1. The maximum atomic E-state index is 13.2. The molecule has 2 aliphatic heterocycles. The van der Waals surface area contributed by atoms with Crippen LogP contribution in [-0.2, 0) is 4.74 Å². The Balaban J connectivity index is 1.24. The van der Waals surface area contributed by atoms with Gasteiger partial charge in [-0.3, -0.25) is 19.5 Å². The zero-order valence-corrected chi connectivity index (χ0v) is 25.1. The van der Waals surface area contributed by atoms with Crippen LogP contribution in [0.15, 0.2) is 79.3 Å². The molecule has 45 heavy (non-hydrogen) atoms. The highest BCUT2D eigenvalue weighted by Crippen LogP contribution is 2.38. The third-order valence-electron chi connectivity index (χ3n) is 8.29. The van der Waals surface area contributed by atoms with E-state index in [1.807, 2.05) is 52.2 Å². The van der Waals surface area contributed by atoms with E-state index in [9.17, 15) is 9.59 Å². The highest BCUT2D eigenvalue weighted by atomic mass is 16.5. The number of anilines is 2. The van der Waals surface area contributed by atoms with Crippen LogP contribution in [0.3, 0.4) is 0 Å². The second kappa shape index (κ2) is 12.0. The van der Waals surface area contributed by atoms with E-state index in [-0.39, 0.29) is 24.6 Å². The summed E-state index contributed by atoms with van der Waals surface area (Å²) in [5.41, 5.74) is 5.27. The van der Waals surface area contributed by atoms with Crippen LogP contribution in [0.1, 0.15) is 46.2 Å². The Bertz CT molecular complexity index is 1860. The first-order valence-corrected chi connectivity index (χ1v) is 14.9. The second-order valence-electron chi connectivity index (χ2n) is 11.0. The third kappa shape index (κ3) is 5.35. The third-order valence-corrected chi connectivity index (χ3v) is 8.29. The van der Waals surface area contributed by atoms with Crippen molar-refractivity contribution in [2.75, 3.05) is 38.8 Å². The number of carbonyl (C=O) groups excluding carboxylic acids is 2. The van der Waals surface area contributed by atoms with Gasteiger partial charge in [-0.05, 0) is 61.7 Å². The van der Waals surface area contributed by atoms with Gasteiger partial charge >= 0.3 is 0 Å². The predicted molar refractivity (Wildman–Crippen MR) is 168 cm³/mol. The molecule has 0 aliphatic carbocycles. The van der Waals surface area contributed by atoms with E-state index in [2.05, 4.69) is 10.1 Å². The van der Waals surface area contributed by atoms with Crippen LogP contribution in [-0.4, -0.2) is 70.4 Å². The van der Waals surface area contributed by atoms with Crippen LogP contribution in [0.2, 0.25) is 0 Å². The molecule has 1 saturated heterocycles. The maximum Gasteiger partial charge on any atom is 0.261 e. The smallest absolute Gasteiger partial charge is 0.261 e. The molecule has 0 saturated carbocycles. The minimum absolute atomic E-state index is 0.0684. The fourth-order valence-corrected chi connectivity index (χ4v) is 5.91. The average molecular weight is 605 g/mol. The molecular weight excluding hydrogens is 572 g/mol. The van der Waals surface area contributed by atoms with Gasteiger partial charge in [0.05, 0.1) is 60.2 Å². The highest BCUT2D eigenvalue weighted by molar-refractivity contribution is 6.21. The molecule has 2 aromatic heterocycles. The number of amides is 2. The number of hydrogen-bond donors (Lipinski definition) is 0. The number of aromatic nitrogens is 4. The van der Waals surface area contributed by atoms with Crippen molar-refractivity contribution in [2.45, 2.75) is 25.5 Å². The van der Waals surface area contributed by atoms with E-state index in [1.165, 1.54) is 4.90 Å². The lowest BCUT2D eigenvalue weighted by molar-refractivity contribution is -0.0394. The zero-order valence-electron chi connectivity index (χ0n) is 25.1. The van der Waals surface area contributed by atoms with Crippen molar-refractivity contribution in [3.05, 3.63) is 90.4 Å². The number of ether oxygens (including phenoxy) is 3. The molecule has 2 aliphatic rings. The molecule has 5 aromatic rings. The first kappa shape index (κ1) is 28.5. The van der Waals surface area contributed by atoms with E-state index in [1.54, 1.807) is 50.9 Å². The predicted octanol–water partition coefficient (Wildman–Crippen LogP) is 5.64. The van der Waals surface area contributed by atoms with Gasteiger partial charge < -0.3 is 19.1 Å². The minimum Gasteiger partial charge on any atom is -0.497 e. The minimum atomic E-state index is -0.304. The maximum absolute atomic E-state index is 13.2. The molecule has 0 bridgehead atoms. The van der Waals surface area contributed by atoms with Gasteiger partial charge in [0.1, 0.15) is 17.7 Å². The van der Waals surface area contributed by atoms with Crippen LogP contribution in [0.25, 0.3) is 22.3 Å². The van der Waals surface area contributed by atoms with Crippen LogP contribution in [0, 0.1) is 0 Å². The second-order valence-corrected chi connectivity index (χ2v) is 11.0. The van der Waals surface area contributed by atoms with Crippen molar-refractivity contribution in [3.8, 4) is 22.8 Å². The molecular formula is C34H32N6O5. The summed E-state index contributed by atoms with van der Waals surface area (Å²) < 4.78 is 19.0. The topological polar surface area (TPSA) is 112 Å². The summed E-state index contributed by atoms with van der Waals surface area (Å²) in [6.07, 6.45) is 8.52. The van der Waals surface area contributed by atoms with E-state index < -0.39 is 0 Å². The van der Waals surface area contributed by atoms with Crippen molar-refractivity contribution in [2.24, 2.45) is 0 Å². The lowest BCUT2D eigenvalue weighted by Gasteiger charge is -2.29. The number of imide groups is 1. The van der Waals surface area contributed by atoms with Gasteiger partial charge in [-0.1, -0.05) is 12.1 Å². The van der Waals surface area contributed by atoms with Gasteiger partial charge in [0, 0.05) is 43.2 Å². The fourth-order valence-electron chi connectivity index (χ4n) is 5.91. The highest BCUT2D eigenvalue weighted by Gasteiger charge is 2.35. The molecule has 3 aromatic carbocycles. The summed E-state index contributed by atoms with van der Waals surface area (Å²) in [4.78, 5) is 39.3. The molecule has 11 heteroatoms. The zero-order chi connectivity index (χ0) is 30.9. The Morgan fingerprint density at radius 3 is 2.49 bits per heavy atom. The Morgan fingerprint density at radius 1 is 0.933 bits per heavy atom. The largest absolute Gasteiger partial charge is 0.497 e. The molecule has 0 N–H and O–H groups in total. The Labute approximate surface area is 260 Å². The molecule has 1 unspecified atom stereocenters. The van der Waals surface area contributed by atoms with Crippen LogP contribution < -0.4 is 14.4 Å². The van der Waals surface area contributed by atoms with Crippen molar-refractivity contribution >= 4 is 34.2 Å². The normalized spacial score (nSPS) is 16.2. The Morgan fingerprint density at radius 2 is 1.76 bits per heavy atom. The molecule has 228 valence electrons. The van der Waals surface area contributed by atoms with Crippen LogP contribution >= 0.6 is 0 Å². The molecule has 2 amide bonds. The molecule has 4 heterocycles. The SMILES string of the molecule is COc1ccc(OC)c(N(CCN2C(=O)c3ccccc3C2=O)c2ccc3ncc(-c4cnn(C5CCCCO5)c4)nc3c2)c1. The molecule has 7 rings (SSSR count). The van der Waals surface area contributed by atoms with E-state index in [0.717, 1.165) is 42.6 Å². The monoisotopic (exact) mass is 604 g/mol. The van der Waals surface area contributed by atoms with Gasteiger partial charge in [-0.15, -0.1) is 0 Å². The molecule has 0 spiro atoms. The number of rotatable bonds is 9. The molecule has 1 fully saturated rings. The number of fused-ring (bicyclic) bond motifs is 2. The molecule has 0 radical (unpaired) electrons. The number of nitrogens with zero attached hydrogens (tertiary/aromatic N) is 6. The van der Waals surface area contributed by atoms with Crippen molar-refractivity contribution < 1.29 is 23.8 Å². The summed E-state index contributed by atoms with van der Waals surface area (Å²) >= 11 is 0. The first-order chi connectivity index (χ1) is 22.0. The summed E-state index contributed by atoms with van der Waals surface area (Å²) in [6, 6.07) is 18.2. The Hall–Kier alpha value is -5.29. The first-order valence-electron chi connectivity index (χ1n) is 14.9. The van der Waals surface area contributed by atoms with E-state index >= 15 is 0 Å². The summed E-state index contributed by atoms with van der Waals surface area (Å²) in [5.74, 6) is 0.636. The van der Waals surface area contributed by atoms with E-state index in [4.69, 9.17) is 19.2 Å². The van der Waals surface area contributed by atoms with Gasteiger partial charge in [0.2, 0.25) is 0 Å². The van der Waals surface area contributed by atoms with Crippen molar-refractivity contribution in [1.82, 2.24) is 24.6 Å². The lowest BCUT2D eigenvalue weighted by Crippen LogP contribution is -2.37.